The van der Waals surface area contributed by atoms with Crippen molar-refractivity contribution < 1.29 is 28.6 Å². The van der Waals surface area contributed by atoms with E-state index in [1.165, 1.54) is 30.2 Å². The number of hydrogen-bond acceptors (Lipinski definition) is 7. The van der Waals surface area contributed by atoms with Crippen molar-refractivity contribution in [2.24, 2.45) is 0 Å². The van der Waals surface area contributed by atoms with Crippen LogP contribution in [0.1, 0.15) is 43.4 Å². The highest BCUT2D eigenvalue weighted by atomic mass is 32.1. The van der Waals surface area contributed by atoms with Crippen molar-refractivity contribution in [3.63, 3.8) is 0 Å². The minimum absolute atomic E-state index is 0.0738. The summed E-state index contributed by atoms with van der Waals surface area (Å²) >= 11 is 1.09. The number of anilines is 1. The van der Waals surface area contributed by atoms with E-state index >= 15 is 0 Å². The number of carbonyl (C=O) groups excluding carboxylic acids is 2. The van der Waals surface area contributed by atoms with Crippen LogP contribution in [-0.2, 0) is 9.59 Å². The third-order valence-corrected chi connectivity index (χ3v) is 7.56. The highest BCUT2D eigenvalue weighted by Gasteiger charge is 2.48. The maximum Gasteiger partial charge on any atom is 0.301 e. The lowest BCUT2D eigenvalue weighted by atomic mass is 9.95. The van der Waals surface area contributed by atoms with Gasteiger partial charge in [0.15, 0.2) is 16.6 Å². The molecule has 1 amide bonds. The van der Waals surface area contributed by atoms with Gasteiger partial charge < -0.3 is 14.6 Å². The SMILES string of the molecule is CCCCCOc1ccc(C2/C(=C(\O)c3ccccc3)C(=O)C(=O)N2c2nc3ccc(F)cc3s2)cc1OC. The lowest BCUT2D eigenvalue weighted by Gasteiger charge is -2.24. The summed E-state index contributed by atoms with van der Waals surface area (Å²) in [5, 5.41) is 11.5. The zero-order valence-corrected chi connectivity index (χ0v) is 22.3. The summed E-state index contributed by atoms with van der Waals surface area (Å²) < 4.78 is 25.9. The first-order chi connectivity index (χ1) is 18.9. The quantitative estimate of drug-likeness (QED) is 0.110. The molecule has 9 heteroatoms. The van der Waals surface area contributed by atoms with Crippen LogP contribution >= 0.6 is 11.3 Å². The topological polar surface area (TPSA) is 89.0 Å². The van der Waals surface area contributed by atoms with Crippen molar-refractivity contribution in [2.75, 3.05) is 18.6 Å². The molecule has 1 fully saturated rings. The number of halogens is 1. The first-order valence-corrected chi connectivity index (χ1v) is 13.5. The molecule has 0 aliphatic carbocycles. The molecule has 200 valence electrons. The maximum absolute atomic E-state index is 13.9. The van der Waals surface area contributed by atoms with Crippen LogP contribution in [0.4, 0.5) is 9.52 Å². The molecule has 3 aromatic carbocycles. The van der Waals surface area contributed by atoms with Gasteiger partial charge in [-0.15, -0.1) is 0 Å². The number of unbranched alkanes of at least 4 members (excludes halogenated alkanes) is 2. The van der Waals surface area contributed by atoms with Crippen LogP contribution in [0.5, 0.6) is 11.5 Å². The number of rotatable bonds is 9. The second-order valence-corrected chi connectivity index (χ2v) is 10.1. The molecule has 2 heterocycles. The number of aliphatic hydroxyl groups is 1. The number of ether oxygens (including phenoxy) is 2. The summed E-state index contributed by atoms with van der Waals surface area (Å²) in [5.74, 6) is -1.44. The number of aliphatic hydroxyl groups excluding tert-OH is 1. The van der Waals surface area contributed by atoms with Gasteiger partial charge in [0.2, 0.25) is 0 Å². The van der Waals surface area contributed by atoms with Crippen molar-refractivity contribution in [2.45, 2.75) is 32.2 Å². The molecule has 1 N–H and O–H groups in total. The molecule has 1 aromatic heterocycles. The van der Waals surface area contributed by atoms with Crippen molar-refractivity contribution in [3.05, 3.63) is 89.2 Å². The Bertz CT molecular complexity index is 1570. The molecule has 0 spiro atoms. The predicted molar refractivity (Wildman–Crippen MR) is 149 cm³/mol. The highest BCUT2D eigenvalue weighted by molar-refractivity contribution is 7.22. The molecule has 1 aliphatic heterocycles. The van der Waals surface area contributed by atoms with Crippen LogP contribution in [0.15, 0.2) is 72.3 Å². The summed E-state index contributed by atoms with van der Waals surface area (Å²) in [7, 11) is 1.51. The molecule has 0 radical (unpaired) electrons. The summed E-state index contributed by atoms with van der Waals surface area (Å²) in [4.78, 5) is 32.7. The minimum Gasteiger partial charge on any atom is -0.507 e. The lowest BCUT2D eigenvalue weighted by molar-refractivity contribution is -0.132. The zero-order valence-electron chi connectivity index (χ0n) is 21.5. The average Bonchev–Trinajstić information content (AvgIpc) is 3.48. The summed E-state index contributed by atoms with van der Waals surface area (Å²) in [6.07, 6.45) is 3.01. The van der Waals surface area contributed by atoms with Crippen LogP contribution in [0.3, 0.4) is 0 Å². The Morgan fingerprint density at radius 3 is 2.59 bits per heavy atom. The molecule has 39 heavy (non-hydrogen) atoms. The van der Waals surface area contributed by atoms with Gasteiger partial charge in [-0.05, 0) is 42.3 Å². The Kier molecular flexibility index (Phi) is 7.60. The second kappa shape index (κ2) is 11.2. The van der Waals surface area contributed by atoms with Crippen LogP contribution in [-0.4, -0.2) is 35.5 Å². The third kappa shape index (κ3) is 5.09. The Morgan fingerprint density at radius 2 is 1.85 bits per heavy atom. The number of methoxy groups -OCH3 is 1. The number of carbonyl (C=O) groups is 2. The number of amides is 1. The van der Waals surface area contributed by atoms with E-state index in [1.807, 2.05) is 0 Å². The van der Waals surface area contributed by atoms with E-state index in [1.54, 1.807) is 48.5 Å². The average molecular weight is 547 g/mol. The van der Waals surface area contributed by atoms with Gasteiger partial charge in [0.1, 0.15) is 11.6 Å². The fraction of sp³-hybridized carbons (Fsp3) is 0.233. The highest BCUT2D eigenvalue weighted by Crippen LogP contribution is 2.45. The zero-order chi connectivity index (χ0) is 27.5. The number of aromatic nitrogens is 1. The van der Waals surface area contributed by atoms with E-state index in [2.05, 4.69) is 11.9 Å². The molecule has 7 nitrogen and oxygen atoms in total. The molecule has 5 rings (SSSR count). The maximum atomic E-state index is 13.9. The first-order valence-electron chi connectivity index (χ1n) is 12.7. The second-order valence-electron chi connectivity index (χ2n) is 9.11. The molecule has 1 saturated heterocycles. The molecule has 0 saturated carbocycles. The Morgan fingerprint density at radius 1 is 1.05 bits per heavy atom. The first kappa shape index (κ1) is 26.4. The van der Waals surface area contributed by atoms with Crippen LogP contribution in [0, 0.1) is 5.82 Å². The Balaban J connectivity index is 1.65. The van der Waals surface area contributed by atoms with E-state index in [0.29, 0.717) is 39.4 Å². The van der Waals surface area contributed by atoms with Gasteiger partial charge >= 0.3 is 5.91 Å². The molecular weight excluding hydrogens is 519 g/mol. The molecular formula is C30H27FN2O5S. The number of hydrogen-bond donors (Lipinski definition) is 1. The van der Waals surface area contributed by atoms with Gasteiger partial charge in [-0.25, -0.2) is 9.37 Å². The largest absolute Gasteiger partial charge is 0.507 e. The Hall–Kier alpha value is -4.24. The molecule has 1 aliphatic rings. The predicted octanol–water partition coefficient (Wildman–Crippen LogP) is 6.64. The van der Waals surface area contributed by atoms with Crippen LogP contribution in [0.2, 0.25) is 0 Å². The van der Waals surface area contributed by atoms with Gasteiger partial charge in [0.25, 0.3) is 5.78 Å². The molecule has 1 atom stereocenters. The van der Waals surface area contributed by atoms with E-state index in [9.17, 15) is 19.1 Å². The molecule has 1 unspecified atom stereocenters. The number of nitrogens with zero attached hydrogens (tertiary/aromatic N) is 2. The summed E-state index contributed by atoms with van der Waals surface area (Å²) in [5.41, 5.74) is 1.34. The summed E-state index contributed by atoms with van der Waals surface area (Å²) in [6, 6.07) is 16.9. The standard InChI is InChI=1S/C30H27FN2O5S/c1-3-4-8-15-38-22-14-11-19(16-23(22)37-2)26-25(27(34)18-9-6-5-7-10-18)28(35)29(36)33(26)30-32-21-13-12-20(31)17-24(21)39-30/h5-7,9-14,16-17,26,34H,3-4,8,15H2,1-2H3/b27-25+. The van der Waals surface area contributed by atoms with Crippen LogP contribution in [0.25, 0.3) is 16.0 Å². The monoisotopic (exact) mass is 546 g/mol. The normalized spacial score (nSPS) is 16.7. The van der Waals surface area contributed by atoms with E-state index in [4.69, 9.17) is 9.47 Å². The van der Waals surface area contributed by atoms with Crippen LogP contribution < -0.4 is 14.4 Å². The van der Waals surface area contributed by atoms with Crippen molar-refractivity contribution in [3.8, 4) is 11.5 Å². The van der Waals surface area contributed by atoms with E-state index in [0.717, 1.165) is 30.6 Å². The fourth-order valence-electron chi connectivity index (χ4n) is 4.59. The number of benzene rings is 3. The summed E-state index contributed by atoms with van der Waals surface area (Å²) in [6.45, 7) is 2.64. The van der Waals surface area contributed by atoms with Gasteiger partial charge in [0.05, 0.1) is 35.5 Å². The minimum atomic E-state index is -1.00. The van der Waals surface area contributed by atoms with E-state index in [-0.39, 0.29) is 16.5 Å². The van der Waals surface area contributed by atoms with Crippen molar-refractivity contribution in [1.82, 2.24) is 4.98 Å². The van der Waals surface area contributed by atoms with E-state index < -0.39 is 23.5 Å². The van der Waals surface area contributed by atoms with Gasteiger partial charge in [-0.3, -0.25) is 14.5 Å². The molecule has 0 bridgehead atoms. The number of ketones is 1. The third-order valence-electron chi connectivity index (χ3n) is 6.55. The van der Waals surface area contributed by atoms with Crippen molar-refractivity contribution in [1.29, 1.82) is 0 Å². The van der Waals surface area contributed by atoms with Gasteiger partial charge in [-0.2, -0.15) is 0 Å². The van der Waals surface area contributed by atoms with Gasteiger partial charge in [0, 0.05) is 5.56 Å². The number of Topliss-reactive ketones (excluding diaryl/α,β-unsaturated/α-hetero) is 1. The Labute approximate surface area is 229 Å². The number of fused-ring (bicyclic) bond motifs is 1. The van der Waals surface area contributed by atoms with Gasteiger partial charge in [-0.1, -0.05) is 67.5 Å². The smallest absolute Gasteiger partial charge is 0.301 e. The van der Waals surface area contributed by atoms with Crippen molar-refractivity contribution >= 4 is 44.1 Å². The fourth-order valence-corrected chi connectivity index (χ4v) is 5.61. The molecule has 4 aromatic rings. The number of thiazole rings is 1. The lowest BCUT2D eigenvalue weighted by Crippen LogP contribution is -2.29.